The van der Waals surface area contributed by atoms with Gasteiger partial charge in [0.05, 0.1) is 56.4 Å². The number of nitrogens with zero attached hydrogens (tertiary/aromatic N) is 3. The highest BCUT2D eigenvalue weighted by Gasteiger charge is 2.29. The fourth-order valence-electron chi connectivity index (χ4n) is 2.60. The van der Waals surface area contributed by atoms with E-state index in [1.807, 2.05) is 0 Å². The van der Waals surface area contributed by atoms with Crippen molar-refractivity contribution in [3.63, 3.8) is 0 Å². The highest BCUT2D eigenvalue weighted by Crippen LogP contribution is 2.07. The van der Waals surface area contributed by atoms with Crippen LogP contribution in [0.5, 0.6) is 0 Å². The van der Waals surface area contributed by atoms with Crippen molar-refractivity contribution < 1.29 is 60.9 Å². The maximum absolute atomic E-state index is 10.1. The molecule has 0 saturated carbocycles. The molecular formula is C14H36Cl3N3O2. The lowest BCUT2D eigenvalue weighted by molar-refractivity contribution is -0.917. The van der Waals surface area contributed by atoms with Crippen LogP contribution in [0.1, 0.15) is 0 Å². The molecule has 0 aromatic carbocycles. The molecule has 2 unspecified atom stereocenters. The van der Waals surface area contributed by atoms with Crippen LogP contribution in [0.15, 0.2) is 0 Å². The standard InChI is InChI=1S/C14H36N3O2.3ClH/c1-15(2,3)9-13(18)11-17(7,8)12-14(19)10-16(4,5)6;;;/h13-14,18-19H,9-12H2,1-8H3;3*1H/q+3;;;/p-3. The van der Waals surface area contributed by atoms with Gasteiger partial charge in [-0.05, 0) is 0 Å². The third-order valence-corrected chi connectivity index (χ3v) is 2.93. The quantitative estimate of drug-likeness (QED) is 0.408. The fourth-order valence-corrected chi connectivity index (χ4v) is 2.60. The van der Waals surface area contributed by atoms with Crippen molar-refractivity contribution in [1.82, 2.24) is 0 Å². The molecule has 0 bridgehead atoms. The van der Waals surface area contributed by atoms with Crippen LogP contribution in [0.4, 0.5) is 0 Å². The summed E-state index contributed by atoms with van der Waals surface area (Å²) in [5.41, 5.74) is 0. The molecule has 0 amide bonds. The second kappa shape index (κ2) is 11.3. The largest absolute Gasteiger partial charge is 1.00 e. The number of hydrogen-bond acceptors (Lipinski definition) is 2. The summed E-state index contributed by atoms with van der Waals surface area (Å²) in [7, 11) is 16.6. The van der Waals surface area contributed by atoms with Crippen LogP contribution in [-0.2, 0) is 0 Å². The van der Waals surface area contributed by atoms with Crippen LogP contribution in [0.2, 0.25) is 0 Å². The third-order valence-electron chi connectivity index (χ3n) is 2.93. The van der Waals surface area contributed by atoms with Crippen molar-refractivity contribution in [1.29, 1.82) is 0 Å². The van der Waals surface area contributed by atoms with E-state index in [1.54, 1.807) is 0 Å². The molecule has 0 saturated heterocycles. The Hall–Kier alpha value is 0.670. The summed E-state index contributed by atoms with van der Waals surface area (Å²) in [5.74, 6) is 0. The van der Waals surface area contributed by atoms with E-state index in [0.717, 1.165) is 22.1 Å². The Kier molecular flexibility index (Phi) is 15.6. The van der Waals surface area contributed by atoms with Gasteiger partial charge < -0.3 is 60.9 Å². The first-order valence-electron chi connectivity index (χ1n) is 6.99. The van der Waals surface area contributed by atoms with Gasteiger partial charge in [-0.3, -0.25) is 0 Å². The molecule has 2 atom stereocenters. The minimum atomic E-state index is -0.341. The lowest BCUT2D eigenvalue weighted by atomic mass is 10.2. The lowest BCUT2D eigenvalue weighted by Gasteiger charge is -2.36. The summed E-state index contributed by atoms with van der Waals surface area (Å²) in [4.78, 5) is 0. The summed E-state index contributed by atoms with van der Waals surface area (Å²) in [6, 6.07) is 0. The van der Waals surface area contributed by atoms with Crippen LogP contribution in [0.3, 0.4) is 0 Å². The average molecular weight is 385 g/mol. The summed E-state index contributed by atoms with van der Waals surface area (Å²) < 4.78 is 2.15. The van der Waals surface area contributed by atoms with E-state index >= 15 is 0 Å². The Morgan fingerprint density at radius 2 is 0.773 bits per heavy atom. The van der Waals surface area contributed by atoms with Gasteiger partial charge in [0.2, 0.25) is 0 Å². The van der Waals surface area contributed by atoms with Gasteiger partial charge >= 0.3 is 0 Å². The molecule has 0 fully saturated rings. The van der Waals surface area contributed by atoms with Gasteiger partial charge in [0.25, 0.3) is 0 Å². The molecule has 0 aliphatic carbocycles. The topological polar surface area (TPSA) is 40.5 Å². The van der Waals surface area contributed by atoms with Gasteiger partial charge in [-0.2, -0.15) is 0 Å². The number of aliphatic hydroxyl groups is 2. The van der Waals surface area contributed by atoms with E-state index in [0.29, 0.717) is 17.6 Å². The van der Waals surface area contributed by atoms with Crippen LogP contribution < -0.4 is 37.2 Å². The summed E-state index contributed by atoms with van der Waals surface area (Å²) in [6.45, 7) is 2.80. The predicted octanol–water partition coefficient (Wildman–Crippen LogP) is -9.79. The number of aliphatic hydroxyl groups excluding tert-OH is 2. The molecule has 0 aliphatic heterocycles. The van der Waals surface area contributed by atoms with Crippen molar-refractivity contribution in [3.05, 3.63) is 0 Å². The van der Waals surface area contributed by atoms with Crippen LogP contribution in [-0.4, -0.2) is 118 Å². The SMILES string of the molecule is C[N+](C)(C)CC(O)C[N+](C)(C)CC(O)C[N+](C)(C)C.[Cl-].[Cl-].[Cl-]. The van der Waals surface area contributed by atoms with E-state index in [9.17, 15) is 10.2 Å². The Labute approximate surface area is 155 Å². The first kappa shape index (κ1) is 30.5. The Morgan fingerprint density at radius 1 is 0.545 bits per heavy atom. The fraction of sp³-hybridized carbons (Fsp3) is 1.00. The van der Waals surface area contributed by atoms with Crippen molar-refractivity contribution in [2.45, 2.75) is 12.2 Å². The Bertz CT molecular complexity index is 253. The second-order valence-electron chi connectivity index (χ2n) is 8.55. The van der Waals surface area contributed by atoms with Crippen LogP contribution >= 0.6 is 0 Å². The number of quaternary nitrogens is 3. The number of rotatable bonds is 8. The molecule has 0 aliphatic rings. The van der Waals surface area contributed by atoms with Crippen molar-refractivity contribution in [2.75, 3.05) is 82.6 Å². The summed E-state index contributed by atoms with van der Waals surface area (Å²) in [5, 5.41) is 20.3. The maximum Gasteiger partial charge on any atom is 0.152 e. The highest BCUT2D eigenvalue weighted by atomic mass is 35.5. The van der Waals surface area contributed by atoms with Crippen molar-refractivity contribution in [2.24, 2.45) is 0 Å². The molecule has 5 nitrogen and oxygen atoms in total. The van der Waals surface area contributed by atoms with Gasteiger partial charge in [0, 0.05) is 0 Å². The molecule has 0 spiro atoms. The molecule has 2 N–H and O–H groups in total. The number of hydrogen-bond donors (Lipinski definition) is 2. The minimum Gasteiger partial charge on any atom is -1.00 e. The lowest BCUT2D eigenvalue weighted by Crippen LogP contribution is -3.00. The molecule has 0 aromatic heterocycles. The highest BCUT2D eigenvalue weighted by molar-refractivity contribution is 4.56. The smallest absolute Gasteiger partial charge is 0.152 e. The van der Waals surface area contributed by atoms with Crippen molar-refractivity contribution in [3.8, 4) is 0 Å². The van der Waals surface area contributed by atoms with Gasteiger partial charge in [0.15, 0.2) is 12.2 Å². The Morgan fingerprint density at radius 3 is 0.955 bits per heavy atom. The zero-order valence-corrected chi connectivity index (χ0v) is 17.6. The molecular weight excluding hydrogens is 349 g/mol. The third kappa shape index (κ3) is 18.7. The zero-order chi connectivity index (χ0) is 15.5. The molecule has 0 aromatic rings. The van der Waals surface area contributed by atoms with E-state index in [4.69, 9.17) is 0 Å². The monoisotopic (exact) mass is 383 g/mol. The van der Waals surface area contributed by atoms with E-state index in [1.165, 1.54) is 0 Å². The first-order valence-corrected chi connectivity index (χ1v) is 6.99. The summed E-state index contributed by atoms with van der Waals surface area (Å²) in [6.07, 6.45) is -0.683. The Balaban J connectivity index is -0.000000540. The molecule has 0 radical (unpaired) electrons. The average Bonchev–Trinajstić information content (AvgIpc) is 1.89. The molecule has 22 heavy (non-hydrogen) atoms. The molecule has 8 heteroatoms. The predicted molar refractivity (Wildman–Crippen MR) is 79.7 cm³/mol. The summed E-state index contributed by atoms with van der Waals surface area (Å²) >= 11 is 0. The van der Waals surface area contributed by atoms with Crippen LogP contribution in [0.25, 0.3) is 0 Å². The van der Waals surface area contributed by atoms with Gasteiger partial charge in [-0.15, -0.1) is 0 Å². The van der Waals surface area contributed by atoms with E-state index < -0.39 is 0 Å². The molecule has 0 heterocycles. The minimum absolute atomic E-state index is 0. The number of halogens is 3. The first-order chi connectivity index (χ1) is 8.20. The van der Waals surface area contributed by atoms with E-state index in [2.05, 4.69) is 56.4 Å². The number of likely N-dealkylation sites (N-methyl/N-ethyl adjacent to an activating group) is 3. The van der Waals surface area contributed by atoms with Gasteiger partial charge in [0.1, 0.15) is 26.2 Å². The zero-order valence-electron chi connectivity index (χ0n) is 15.4. The maximum atomic E-state index is 10.1. The molecule has 0 rings (SSSR count). The molecule has 140 valence electrons. The van der Waals surface area contributed by atoms with E-state index in [-0.39, 0.29) is 49.4 Å². The normalized spacial score (nSPS) is 15.0. The van der Waals surface area contributed by atoms with Crippen LogP contribution in [0, 0.1) is 0 Å². The van der Waals surface area contributed by atoms with Gasteiger partial charge in [-0.1, -0.05) is 0 Å². The second-order valence-corrected chi connectivity index (χ2v) is 8.55. The van der Waals surface area contributed by atoms with Gasteiger partial charge in [-0.25, -0.2) is 0 Å². The van der Waals surface area contributed by atoms with Crippen molar-refractivity contribution >= 4 is 0 Å².